The number of hydrogen-bond acceptors (Lipinski definition) is 4. The molecule has 6 nitrogen and oxygen atoms in total. The van der Waals surface area contributed by atoms with Gasteiger partial charge in [0.1, 0.15) is 5.75 Å². The molecule has 0 aliphatic carbocycles. The Morgan fingerprint density at radius 2 is 2.00 bits per heavy atom. The Bertz CT molecular complexity index is 704. The molecule has 0 aliphatic heterocycles. The fourth-order valence-electron chi connectivity index (χ4n) is 2.12. The Morgan fingerprint density at radius 3 is 2.60 bits per heavy atom. The first-order valence-corrected chi connectivity index (χ1v) is 8.13. The van der Waals surface area contributed by atoms with Crippen molar-refractivity contribution in [3.8, 4) is 5.75 Å². The maximum Gasteiger partial charge on any atom is 0.191 e. The first-order valence-electron chi connectivity index (χ1n) is 7.76. The van der Waals surface area contributed by atoms with Gasteiger partial charge in [0.15, 0.2) is 11.7 Å². The first kappa shape index (κ1) is 21.6. The van der Waals surface area contributed by atoms with Gasteiger partial charge in [-0.3, -0.25) is 4.99 Å². The second-order valence-electron chi connectivity index (χ2n) is 5.61. The molecule has 25 heavy (non-hydrogen) atoms. The van der Waals surface area contributed by atoms with Crippen molar-refractivity contribution in [1.82, 2.24) is 15.8 Å². The average molecular weight is 479 g/mol. The van der Waals surface area contributed by atoms with Gasteiger partial charge in [0.2, 0.25) is 0 Å². The predicted molar refractivity (Wildman–Crippen MR) is 111 cm³/mol. The van der Waals surface area contributed by atoms with Crippen LogP contribution in [0.5, 0.6) is 5.75 Å². The molecular weight excluding hydrogens is 455 g/mol. The van der Waals surface area contributed by atoms with E-state index in [0.717, 1.165) is 22.8 Å². The minimum absolute atomic E-state index is 0. The third-order valence-corrected chi connectivity index (χ3v) is 3.75. The van der Waals surface area contributed by atoms with Crippen LogP contribution >= 0.6 is 35.6 Å². The molecule has 0 spiro atoms. The van der Waals surface area contributed by atoms with E-state index >= 15 is 0 Å². The summed E-state index contributed by atoms with van der Waals surface area (Å²) in [5, 5.41) is 11.1. The molecular formula is C17H24ClIN4O2. The SMILES string of the molecule is CN=C(NCc1cc(C(C)C)no1)NCc1ccc(Cl)cc1OC.I. The summed E-state index contributed by atoms with van der Waals surface area (Å²) in [6, 6.07) is 7.50. The number of nitrogens with zero attached hydrogens (tertiary/aromatic N) is 2. The Balaban J connectivity index is 0.00000312. The lowest BCUT2D eigenvalue weighted by molar-refractivity contribution is 0.372. The van der Waals surface area contributed by atoms with Crippen molar-refractivity contribution in [3.63, 3.8) is 0 Å². The van der Waals surface area contributed by atoms with E-state index in [-0.39, 0.29) is 24.0 Å². The fraction of sp³-hybridized carbons (Fsp3) is 0.412. The molecule has 0 atom stereocenters. The average Bonchev–Trinajstić information content (AvgIpc) is 3.05. The molecule has 0 unspecified atom stereocenters. The lowest BCUT2D eigenvalue weighted by Gasteiger charge is -2.13. The number of benzene rings is 1. The summed E-state index contributed by atoms with van der Waals surface area (Å²) in [7, 11) is 3.34. The number of nitrogens with one attached hydrogen (secondary N) is 2. The van der Waals surface area contributed by atoms with Crippen LogP contribution in [0.3, 0.4) is 0 Å². The summed E-state index contributed by atoms with van der Waals surface area (Å²) in [6.45, 7) is 5.23. The van der Waals surface area contributed by atoms with Crippen molar-refractivity contribution in [2.45, 2.75) is 32.9 Å². The normalized spacial score (nSPS) is 11.2. The highest BCUT2D eigenvalue weighted by molar-refractivity contribution is 14.0. The van der Waals surface area contributed by atoms with E-state index in [1.54, 1.807) is 20.2 Å². The highest BCUT2D eigenvalue weighted by Gasteiger charge is 2.09. The summed E-state index contributed by atoms with van der Waals surface area (Å²) in [5.74, 6) is 2.51. The number of hydrogen-bond donors (Lipinski definition) is 2. The molecule has 2 rings (SSSR count). The molecule has 0 saturated heterocycles. The highest BCUT2D eigenvalue weighted by atomic mass is 127. The molecule has 138 valence electrons. The second-order valence-corrected chi connectivity index (χ2v) is 6.04. The van der Waals surface area contributed by atoms with Crippen LogP contribution in [0.25, 0.3) is 0 Å². The van der Waals surface area contributed by atoms with Gasteiger partial charge in [0.05, 0.1) is 19.3 Å². The third-order valence-electron chi connectivity index (χ3n) is 3.52. The summed E-state index contributed by atoms with van der Waals surface area (Å²) >= 11 is 5.97. The molecule has 1 aromatic carbocycles. The maximum atomic E-state index is 5.97. The standard InChI is InChI=1S/C17H23ClN4O2.HI/c1-11(2)15-8-14(24-22-15)10-21-17(19-3)20-9-12-5-6-13(18)7-16(12)23-4;/h5-8,11H,9-10H2,1-4H3,(H2,19,20,21);1H. The Labute approximate surface area is 170 Å². The minimum Gasteiger partial charge on any atom is -0.496 e. The van der Waals surface area contributed by atoms with Gasteiger partial charge in [0, 0.05) is 30.2 Å². The van der Waals surface area contributed by atoms with Crippen LogP contribution in [-0.2, 0) is 13.1 Å². The van der Waals surface area contributed by atoms with E-state index < -0.39 is 0 Å². The number of rotatable bonds is 6. The zero-order valence-electron chi connectivity index (χ0n) is 14.8. The summed E-state index contributed by atoms with van der Waals surface area (Å²) in [5.41, 5.74) is 1.94. The molecule has 0 bridgehead atoms. The summed E-state index contributed by atoms with van der Waals surface area (Å²) < 4.78 is 10.6. The van der Waals surface area contributed by atoms with E-state index in [1.807, 2.05) is 18.2 Å². The number of aromatic nitrogens is 1. The van der Waals surface area contributed by atoms with E-state index in [2.05, 4.69) is 34.6 Å². The molecule has 2 aromatic rings. The molecule has 0 aliphatic rings. The highest BCUT2D eigenvalue weighted by Crippen LogP contribution is 2.22. The molecule has 1 aromatic heterocycles. The molecule has 8 heteroatoms. The van der Waals surface area contributed by atoms with Crippen molar-refractivity contribution in [3.05, 3.63) is 46.3 Å². The minimum atomic E-state index is 0. The van der Waals surface area contributed by atoms with Crippen LogP contribution in [0.15, 0.2) is 33.8 Å². The van der Waals surface area contributed by atoms with Gasteiger partial charge in [-0.05, 0) is 18.1 Å². The number of guanidine groups is 1. The molecule has 0 radical (unpaired) electrons. The Morgan fingerprint density at radius 1 is 1.28 bits per heavy atom. The van der Waals surface area contributed by atoms with Crippen LogP contribution in [0.2, 0.25) is 5.02 Å². The van der Waals surface area contributed by atoms with E-state index in [0.29, 0.717) is 30.0 Å². The lowest BCUT2D eigenvalue weighted by Crippen LogP contribution is -2.36. The fourth-order valence-corrected chi connectivity index (χ4v) is 2.28. The van der Waals surface area contributed by atoms with Crippen LogP contribution in [-0.4, -0.2) is 25.3 Å². The molecule has 1 heterocycles. The van der Waals surface area contributed by atoms with Crippen molar-refractivity contribution >= 4 is 41.5 Å². The van der Waals surface area contributed by atoms with E-state index in [9.17, 15) is 0 Å². The zero-order chi connectivity index (χ0) is 17.5. The zero-order valence-corrected chi connectivity index (χ0v) is 17.9. The van der Waals surface area contributed by atoms with Crippen molar-refractivity contribution in [1.29, 1.82) is 0 Å². The molecule has 0 amide bonds. The quantitative estimate of drug-likeness (QED) is 0.374. The molecule has 2 N–H and O–H groups in total. The largest absolute Gasteiger partial charge is 0.496 e. The van der Waals surface area contributed by atoms with Gasteiger partial charge in [-0.2, -0.15) is 0 Å². The topological polar surface area (TPSA) is 71.7 Å². The Hall–Kier alpha value is -1.48. The summed E-state index contributed by atoms with van der Waals surface area (Å²) in [4.78, 5) is 4.20. The van der Waals surface area contributed by atoms with Crippen LogP contribution in [0.4, 0.5) is 0 Å². The maximum absolute atomic E-state index is 5.97. The molecule has 0 fully saturated rings. The van der Waals surface area contributed by atoms with Gasteiger partial charge >= 0.3 is 0 Å². The third kappa shape index (κ3) is 6.39. The number of halogens is 2. The van der Waals surface area contributed by atoms with Crippen molar-refractivity contribution < 1.29 is 9.26 Å². The van der Waals surface area contributed by atoms with Crippen LogP contribution < -0.4 is 15.4 Å². The van der Waals surface area contributed by atoms with Gasteiger partial charge in [0.25, 0.3) is 0 Å². The van der Waals surface area contributed by atoms with Gasteiger partial charge in [-0.1, -0.05) is 36.7 Å². The Kier molecular flexibility index (Phi) is 9.05. The van der Waals surface area contributed by atoms with Gasteiger partial charge in [-0.15, -0.1) is 24.0 Å². The number of methoxy groups -OCH3 is 1. The van der Waals surface area contributed by atoms with Crippen LogP contribution in [0.1, 0.15) is 36.8 Å². The van der Waals surface area contributed by atoms with E-state index in [1.165, 1.54) is 0 Å². The van der Waals surface area contributed by atoms with Gasteiger partial charge in [-0.25, -0.2) is 0 Å². The van der Waals surface area contributed by atoms with Gasteiger partial charge < -0.3 is 19.9 Å². The summed E-state index contributed by atoms with van der Waals surface area (Å²) in [6.07, 6.45) is 0. The van der Waals surface area contributed by atoms with Crippen molar-refractivity contribution in [2.75, 3.05) is 14.2 Å². The second kappa shape index (κ2) is 10.5. The number of aliphatic imine (C=N–C) groups is 1. The number of ether oxygens (including phenoxy) is 1. The van der Waals surface area contributed by atoms with Crippen molar-refractivity contribution in [2.24, 2.45) is 4.99 Å². The monoisotopic (exact) mass is 478 g/mol. The van der Waals surface area contributed by atoms with Crippen LogP contribution in [0, 0.1) is 0 Å². The van der Waals surface area contributed by atoms with E-state index in [4.69, 9.17) is 20.9 Å². The predicted octanol–water partition coefficient (Wildman–Crippen LogP) is 3.94. The lowest BCUT2D eigenvalue weighted by atomic mass is 10.1. The molecule has 0 saturated carbocycles. The first-order chi connectivity index (χ1) is 11.5. The smallest absolute Gasteiger partial charge is 0.191 e.